The standard InChI is InChI=1S/C24H31N3O3/c1-16(2)14-27-20-13-18(10-11-21(20)30-15-24(3,4)23(27)29)25-22(28)17-8-7-9-19(12-17)26(5)6/h7-13,16H,14-15H2,1-6H3,(H,25,28). The van der Waals surface area contributed by atoms with Crippen LogP contribution in [0.4, 0.5) is 17.1 Å². The number of amides is 2. The summed E-state index contributed by atoms with van der Waals surface area (Å²) in [5.74, 6) is 0.775. The van der Waals surface area contributed by atoms with Crippen LogP contribution in [-0.4, -0.2) is 39.1 Å². The predicted molar refractivity (Wildman–Crippen MR) is 122 cm³/mol. The molecule has 1 heterocycles. The third-order valence-electron chi connectivity index (χ3n) is 5.09. The third-order valence-corrected chi connectivity index (χ3v) is 5.09. The molecule has 0 fully saturated rings. The van der Waals surface area contributed by atoms with Gasteiger partial charge >= 0.3 is 0 Å². The Labute approximate surface area is 178 Å². The molecule has 0 saturated heterocycles. The van der Waals surface area contributed by atoms with Gasteiger partial charge in [0.25, 0.3) is 5.91 Å². The number of fused-ring (bicyclic) bond motifs is 1. The summed E-state index contributed by atoms with van der Waals surface area (Å²) in [6, 6.07) is 12.9. The van der Waals surface area contributed by atoms with Crippen molar-refractivity contribution in [2.75, 3.05) is 42.4 Å². The van der Waals surface area contributed by atoms with Gasteiger partial charge in [0.05, 0.1) is 11.1 Å². The van der Waals surface area contributed by atoms with Crippen LogP contribution in [-0.2, 0) is 4.79 Å². The van der Waals surface area contributed by atoms with E-state index in [1.807, 2.05) is 69.2 Å². The fraction of sp³-hybridized carbons (Fsp3) is 0.417. The monoisotopic (exact) mass is 409 g/mol. The van der Waals surface area contributed by atoms with Crippen LogP contribution in [0, 0.1) is 11.3 Å². The Morgan fingerprint density at radius 3 is 2.60 bits per heavy atom. The number of nitrogens with zero attached hydrogens (tertiary/aromatic N) is 2. The summed E-state index contributed by atoms with van der Waals surface area (Å²) in [7, 11) is 3.87. The first kappa shape index (κ1) is 21.7. The van der Waals surface area contributed by atoms with Crippen molar-refractivity contribution in [3.05, 3.63) is 48.0 Å². The molecule has 3 rings (SSSR count). The quantitative estimate of drug-likeness (QED) is 0.794. The number of nitrogens with one attached hydrogen (secondary N) is 1. The maximum absolute atomic E-state index is 13.2. The van der Waals surface area contributed by atoms with E-state index < -0.39 is 5.41 Å². The van der Waals surface area contributed by atoms with Crippen molar-refractivity contribution < 1.29 is 14.3 Å². The van der Waals surface area contributed by atoms with Crippen molar-refractivity contribution in [1.82, 2.24) is 0 Å². The fourth-order valence-electron chi connectivity index (χ4n) is 3.40. The molecular weight excluding hydrogens is 378 g/mol. The second kappa shape index (κ2) is 8.38. The molecule has 0 aliphatic carbocycles. The molecule has 0 aromatic heterocycles. The van der Waals surface area contributed by atoms with Crippen molar-refractivity contribution in [2.24, 2.45) is 11.3 Å². The fourth-order valence-corrected chi connectivity index (χ4v) is 3.40. The van der Waals surface area contributed by atoms with Crippen LogP contribution in [0.25, 0.3) is 0 Å². The molecule has 2 aromatic carbocycles. The molecule has 1 aliphatic rings. The molecule has 2 aromatic rings. The average molecular weight is 410 g/mol. The van der Waals surface area contributed by atoms with Gasteiger partial charge < -0.3 is 19.9 Å². The lowest BCUT2D eigenvalue weighted by Gasteiger charge is -2.29. The molecule has 0 radical (unpaired) electrons. The maximum atomic E-state index is 13.2. The van der Waals surface area contributed by atoms with Crippen molar-refractivity contribution in [2.45, 2.75) is 27.7 Å². The Kier molecular flexibility index (Phi) is 6.06. The first-order valence-electron chi connectivity index (χ1n) is 10.3. The molecule has 6 nitrogen and oxygen atoms in total. The summed E-state index contributed by atoms with van der Waals surface area (Å²) < 4.78 is 5.95. The van der Waals surface area contributed by atoms with Crippen LogP contribution in [0.15, 0.2) is 42.5 Å². The largest absolute Gasteiger partial charge is 0.490 e. The number of hydrogen-bond donors (Lipinski definition) is 1. The molecule has 0 atom stereocenters. The molecule has 2 amide bonds. The number of hydrogen-bond acceptors (Lipinski definition) is 4. The van der Waals surface area contributed by atoms with Crippen molar-refractivity contribution >= 4 is 28.9 Å². The van der Waals surface area contributed by atoms with Crippen LogP contribution >= 0.6 is 0 Å². The molecular formula is C24H31N3O3. The molecule has 1 aliphatic heterocycles. The van der Waals surface area contributed by atoms with E-state index in [0.717, 1.165) is 5.69 Å². The van der Waals surface area contributed by atoms with Gasteiger partial charge in [-0.05, 0) is 56.2 Å². The Bertz CT molecular complexity index is 950. The summed E-state index contributed by atoms with van der Waals surface area (Å²) in [5, 5.41) is 2.95. The van der Waals surface area contributed by atoms with Gasteiger partial charge in [-0.2, -0.15) is 0 Å². The molecule has 0 saturated carbocycles. The van der Waals surface area contributed by atoms with E-state index >= 15 is 0 Å². The van der Waals surface area contributed by atoms with Gasteiger partial charge in [0.1, 0.15) is 12.4 Å². The van der Waals surface area contributed by atoms with Gasteiger partial charge in [0.2, 0.25) is 5.91 Å². The smallest absolute Gasteiger partial charge is 0.255 e. The zero-order valence-corrected chi connectivity index (χ0v) is 18.7. The summed E-state index contributed by atoms with van der Waals surface area (Å²) in [4.78, 5) is 29.7. The second-order valence-electron chi connectivity index (χ2n) is 9.06. The summed E-state index contributed by atoms with van der Waals surface area (Å²) >= 11 is 0. The highest BCUT2D eigenvalue weighted by Gasteiger charge is 2.38. The number of rotatable bonds is 5. The molecule has 0 unspecified atom stereocenters. The minimum atomic E-state index is -0.621. The van der Waals surface area contributed by atoms with E-state index in [0.29, 0.717) is 41.8 Å². The first-order chi connectivity index (χ1) is 14.1. The summed E-state index contributed by atoms with van der Waals surface area (Å²) in [6.07, 6.45) is 0. The third kappa shape index (κ3) is 4.58. The van der Waals surface area contributed by atoms with Crippen LogP contribution in [0.5, 0.6) is 5.75 Å². The zero-order chi connectivity index (χ0) is 22.1. The number of ether oxygens (including phenoxy) is 1. The van der Waals surface area contributed by atoms with Crippen LogP contribution in [0.1, 0.15) is 38.1 Å². The lowest BCUT2D eigenvalue weighted by atomic mass is 9.92. The number of carbonyl (C=O) groups is 2. The van der Waals surface area contributed by atoms with Gasteiger partial charge in [0.15, 0.2) is 0 Å². The van der Waals surface area contributed by atoms with Gasteiger partial charge in [-0.3, -0.25) is 9.59 Å². The van der Waals surface area contributed by atoms with Gasteiger partial charge in [-0.15, -0.1) is 0 Å². The van der Waals surface area contributed by atoms with Crippen LogP contribution in [0.2, 0.25) is 0 Å². The van der Waals surface area contributed by atoms with E-state index in [1.54, 1.807) is 11.0 Å². The molecule has 30 heavy (non-hydrogen) atoms. The van der Waals surface area contributed by atoms with E-state index in [-0.39, 0.29) is 11.8 Å². The molecule has 1 N–H and O–H groups in total. The minimum Gasteiger partial charge on any atom is -0.490 e. The highest BCUT2D eigenvalue weighted by molar-refractivity contribution is 6.06. The predicted octanol–water partition coefficient (Wildman–Crippen LogP) is 4.41. The van der Waals surface area contributed by atoms with Gasteiger partial charge in [-0.25, -0.2) is 0 Å². The molecule has 0 bridgehead atoms. The van der Waals surface area contributed by atoms with Gasteiger partial charge in [-0.1, -0.05) is 19.9 Å². The summed E-state index contributed by atoms with van der Waals surface area (Å²) in [6.45, 7) is 8.85. The Morgan fingerprint density at radius 1 is 1.20 bits per heavy atom. The van der Waals surface area contributed by atoms with Crippen LogP contribution in [0.3, 0.4) is 0 Å². The van der Waals surface area contributed by atoms with Crippen molar-refractivity contribution in [3.63, 3.8) is 0 Å². The van der Waals surface area contributed by atoms with E-state index in [1.165, 1.54) is 0 Å². The Balaban J connectivity index is 1.92. The van der Waals surface area contributed by atoms with Crippen molar-refractivity contribution in [3.8, 4) is 5.75 Å². The highest BCUT2D eigenvalue weighted by atomic mass is 16.5. The number of carbonyl (C=O) groups excluding carboxylic acids is 2. The lowest BCUT2D eigenvalue weighted by Crippen LogP contribution is -2.43. The normalized spacial score (nSPS) is 15.3. The average Bonchev–Trinajstić information content (AvgIpc) is 2.78. The zero-order valence-electron chi connectivity index (χ0n) is 18.7. The minimum absolute atomic E-state index is 0.0251. The van der Waals surface area contributed by atoms with E-state index in [2.05, 4.69) is 19.2 Å². The Morgan fingerprint density at radius 2 is 1.93 bits per heavy atom. The molecule has 0 spiro atoms. The number of benzene rings is 2. The van der Waals surface area contributed by atoms with Gasteiger partial charge in [0, 0.05) is 37.6 Å². The Hall–Kier alpha value is -3.02. The van der Waals surface area contributed by atoms with Crippen LogP contribution < -0.4 is 19.9 Å². The highest BCUT2D eigenvalue weighted by Crippen LogP contribution is 2.38. The molecule has 160 valence electrons. The first-order valence-corrected chi connectivity index (χ1v) is 10.3. The van der Waals surface area contributed by atoms with Crippen molar-refractivity contribution in [1.29, 1.82) is 0 Å². The second-order valence-corrected chi connectivity index (χ2v) is 9.06. The maximum Gasteiger partial charge on any atom is 0.255 e. The number of anilines is 3. The summed E-state index contributed by atoms with van der Waals surface area (Å²) in [5.41, 5.74) is 2.22. The lowest BCUT2D eigenvalue weighted by molar-refractivity contribution is -0.127. The van der Waals surface area contributed by atoms with E-state index in [4.69, 9.17) is 4.74 Å². The topological polar surface area (TPSA) is 61.9 Å². The molecule has 6 heteroatoms. The SMILES string of the molecule is CC(C)CN1C(=O)C(C)(C)COc2ccc(NC(=O)c3cccc(N(C)C)c3)cc21. The van der Waals surface area contributed by atoms with E-state index in [9.17, 15) is 9.59 Å².